The van der Waals surface area contributed by atoms with E-state index in [-0.39, 0.29) is 0 Å². The molecule has 2 heterocycles. The van der Waals surface area contributed by atoms with Crippen LogP contribution in [0.2, 0.25) is 0 Å². The summed E-state index contributed by atoms with van der Waals surface area (Å²) in [6.07, 6.45) is 3.48. The molecule has 0 unspecified atom stereocenters. The highest BCUT2D eigenvalue weighted by atomic mass is 32.1. The summed E-state index contributed by atoms with van der Waals surface area (Å²) < 4.78 is 0. The predicted octanol–water partition coefficient (Wildman–Crippen LogP) is 1.78. The quantitative estimate of drug-likeness (QED) is 0.776. The van der Waals surface area contributed by atoms with Crippen molar-refractivity contribution >= 4 is 17.2 Å². The lowest BCUT2D eigenvalue weighted by Crippen LogP contribution is -2.11. The Labute approximate surface area is 93.0 Å². The molecule has 0 amide bonds. The lowest BCUT2D eigenvalue weighted by molar-refractivity contribution is 1.26. The van der Waals surface area contributed by atoms with Gasteiger partial charge >= 0.3 is 0 Å². The highest BCUT2D eigenvalue weighted by Gasteiger charge is 2.01. The van der Waals surface area contributed by atoms with Gasteiger partial charge in [-0.05, 0) is 24.3 Å². The molecular weight excluding hydrogens is 206 g/mol. The molecule has 15 heavy (non-hydrogen) atoms. The topological polar surface area (TPSA) is 51.8 Å². The number of rotatable bonds is 2. The molecule has 0 aliphatic carbocycles. The van der Waals surface area contributed by atoms with Gasteiger partial charge in [0.2, 0.25) is 0 Å². The molecule has 0 radical (unpaired) electrons. The number of nitrogens with zero attached hydrogens (tertiary/aromatic N) is 2. The molecule has 0 bridgehead atoms. The van der Waals surface area contributed by atoms with E-state index in [1.165, 1.54) is 0 Å². The molecule has 0 aliphatic heterocycles. The van der Waals surface area contributed by atoms with E-state index in [1.807, 2.05) is 24.3 Å². The Bertz CT molecular complexity index is 482. The summed E-state index contributed by atoms with van der Waals surface area (Å²) >= 11 is 4.87. The summed E-state index contributed by atoms with van der Waals surface area (Å²) in [5.74, 6) is 0. The van der Waals surface area contributed by atoms with Crippen LogP contribution in [0.5, 0.6) is 0 Å². The van der Waals surface area contributed by atoms with Gasteiger partial charge < -0.3 is 5.73 Å². The zero-order valence-electron chi connectivity index (χ0n) is 7.92. The number of hydrogen-bond acceptors (Lipinski definition) is 3. The molecule has 0 atom stereocenters. The maximum absolute atomic E-state index is 5.51. The van der Waals surface area contributed by atoms with Crippen molar-refractivity contribution < 1.29 is 0 Å². The lowest BCUT2D eigenvalue weighted by atomic mass is 10.2. The molecule has 0 aromatic carbocycles. The van der Waals surface area contributed by atoms with Crippen molar-refractivity contribution in [3.8, 4) is 11.3 Å². The minimum Gasteiger partial charge on any atom is -0.388 e. The van der Waals surface area contributed by atoms with Crippen molar-refractivity contribution in [3.05, 3.63) is 48.4 Å². The molecule has 2 N–H and O–H groups in total. The molecule has 74 valence electrons. The van der Waals surface area contributed by atoms with E-state index < -0.39 is 0 Å². The first-order chi connectivity index (χ1) is 7.27. The fraction of sp³-hybridized carbons (Fsp3) is 0. The molecule has 2 rings (SSSR count). The van der Waals surface area contributed by atoms with Crippen LogP contribution in [0.15, 0.2) is 42.7 Å². The third kappa shape index (κ3) is 2.16. The summed E-state index contributed by atoms with van der Waals surface area (Å²) in [6, 6.07) is 9.38. The van der Waals surface area contributed by atoms with Gasteiger partial charge in [-0.1, -0.05) is 18.3 Å². The number of aromatic nitrogens is 2. The summed E-state index contributed by atoms with van der Waals surface area (Å²) in [6.45, 7) is 0. The second-order valence-corrected chi connectivity index (χ2v) is 3.45. The summed E-state index contributed by atoms with van der Waals surface area (Å²) in [5.41, 5.74) is 7.93. The van der Waals surface area contributed by atoms with Crippen LogP contribution in [0.4, 0.5) is 0 Å². The average molecular weight is 215 g/mol. The summed E-state index contributed by atoms with van der Waals surface area (Å²) in [5, 5.41) is 0. The highest BCUT2D eigenvalue weighted by Crippen LogP contribution is 2.15. The number of pyridine rings is 2. The van der Waals surface area contributed by atoms with Crippen LogP contribution in [-0.4, -0.2) is 15.0 Å². The molecule has 3 nitrogen and oxygen atoms in total. The molecule has 0 fully saturated rings. The minimum atomic E-state index is 0.306. The van der Waals surface area contributed by atoms with Crippen LogP contribution in [0.1, 0.15) is 5.69 Å². The zero-order valence-corrected chi connectivity index (χ0v) is 8.74. The number of hydrogen-bond donors (Lipinski definition) is 1. The first kappa shape index (κ1) is 9.73. The SMILES string of the molecule is NC(=S)c1cccc(-c2cccnc2)n1. The first-order valence-corrected chi connectivity index (χ1v) is 4.85. The third-order valence-corrected chi connectivity index (χ3v) is 2.17. The van der Waals surface area contributed by atoms with E-state index >= 15 is 0 Å². The van der Waals surface area contributed by atoms with Gasteiger partial charge in [0.1, 0.15) is 4.99 Å². The maximum atomic E-state index is 5.51. The normalized spacial score (nSPS) is 9.87. The third-order valence-electron chi connectivity index (χ3n) is 1.96. The Morgan fingerprint density at radius 1 is 1.20 bits per heavy atom. The van der Waals surface area contributed by atoms with E-state index in [2.05, 4.69) is 9.97 Å². The number of thiocarbonyl (C=S) groups is 1. The van der Waals surface area contributed by atoms with Crippen LogP contribution >= 0.6 is 12.2 Å². The van der Waals surface area contributed by atoms with Gasteiger partial charge in [-0.3, -0.25) is 4.98 Å². The van der Waals surface area contributed by atoms with Crippen molar-refractivity contribution in [3.63, 3.8) is 0 Å². The van der Waals surface area contributed by atoms with Crippen LogP contribution < -0.4 is 5.73 Å². The van der Waals surface area contributed by atoms with Gasteiger partial charge in [-0.15, -0.1) is 0 Å². The highest BCUT2D eigenvalue weighted by molar-refractivity contribution is 7.80. The molecule has 2 aromatic heterocycles. The van der Waals surface area contributed by atoms with Crippen molar-refractivity contribution in [2.45, 2.75) is 0 Å². The Hall–Kier alpha value is -1.81. The van der Waals surface area contributed by atoms with Gasteiger partial charge in [0.15, 0.2) is 0 Å². The van der Waals surface area contributed by atoms with Crippen LogP contribution in [-0.2, 0) is 0 Å². The van der Waals surface area contributed by atoms with Crippen LogP contribution in [0.25, 0.3) is 11.3 Å². The van der Waals surface area contributed by atoms with E-state index in [0.29, 0.717) is 10.7 Å². The second kappa shape index (κ2) is 4.14. The molecule has 2 aromatic rings. The summed E-state index contributed by atoms with van der Waals surface area (Å²) in [7, 11) is 0. The Balaban J connectivity index is 2.46. The molecule has 0 spiro atoms. The lowest BCUT2D eigenvalue weighted by Gasteiger charge is -2.02. The van der Waals surface area contributed by atoms with Gasteiger partial charge in [0.25, 0.3) is 0 Å². The van der Waals surface area contributed by atoms with Gasteiger partial charge in [0, 0.05) is 18.0 Å². The van der Waals surface area contributed by atoms with Gasteiger partial charge in [-0.2, -0.15) is 0 Å². The van der Waals surface area contributed by atoms with Crippen molar-refractivity contribution in [1.29, 1.82) is 0 Å². The minimum absolute atomic E-state index is 0.306. The average Bonchev–Trinajstić information content (AvgIpc) is 2.30. The van der Waals surface area contributed by atoms with Gasteiger partial charge in [-0.25, -0.2) is 4.98 Å². The molecular formula is C11H9N3S. The Morgan fingerprint density at radius 2 is 2.07 bits per heavy atom. The Kier molecular flexibility index (Phi) is 2.69. The van der Waals surface area contributed by atoms with Crippen molar-refractivity contribution in [2.24, 2.45) is 5.73 Å². The summed E-state index contributed by atoms with van der Waals surface area (Å²) in [4.78, 5) is 8.67. The van der Waals surface area contributed by atoms with E-state index in [0.717, 1.165) is 11.3 Å². The van der Waals surface area contributed by atoms with E-state index in [4.69, 9.17) is 18.0 Å². The number of nitrogens with two attached hydrogens (primary N) is 1. The largest absolute Gasteiger partial charge is 0.388 e. The van der Waals surface area contributed by atoms with Crippen molar-refractivity contribution in [2.75, 3.05) is 0 Å². The predicted molar refractivity (Wildman–Crippen MR) is 63.4 cm³/mol. The molecule has 0 saturated heterocycles. The van der Waals surface area contributed by atoms with Crippen LogP contribution in [0.3, 0.4) is 0 Å². The van der Waals surface area contributed by atoms with Crippen LogP contribution in [0, 0.1) is 0 Å². The molecule has 0 saturated carbocycles. The van der Waals surface area contributed by atoms with E-state index in [9.17, 15) is 0 Å². The zero-order chi connectivity index (χ0) is 10.7. The Morgan fingerprint density at radius 3 is 2.73 bits per heavy atom. The van der Waals surface area contributed by atoms with E-state index in [1.54, 1.807) is 18.5 Å². The molecule has 4 heteroatoms. The smallest absolute Gasteiger partial charge is 0.122 e. The maximum Gasteiger partial charge on any atom is 0.122 e. The standard InChI is InChI=1S/C11H9N3S/c12-11(15)10-5-1-4-9(14-10)8-3-2-6-13-7-8/h1-7H,(H2,12,15). The second-order valence-electron chi connectivity index (χ2n) is 3.01. The molecule has 0 aliphatic rings. The van der Waals surface area contributed by atoms with Gasteiger partial charge in [0.05, 0.1) is 11.4 Å². The first-order valence-electron chi connectivity index (χ1n) is 4.44. The van der Waals surface area contributed by atoms with Crippen molar-refractivity contribution in [1.82, 2.24) is 9.97 Å². The monoisotopic (exact) mass is 215 g/mol. The fourth-order valence-electron chi connectivity index (χ4n) is 1.25. The fourth-order valence-corrected chi connectivity index (χ4v) is 1.36.